The van der Waals surface area contributed by atoms with E-state index in [0.29, 0.717) is 6.04 Å². The van der Waals surface area contributed by atoms with E-state index in [2.05, 4.69) is 46.5 Å². The predicted molar refractivity (Wildman–Crippen MR) is 70.9 cm³/mol. The van der Waals surface area contributed by atoms with Gasteiger partial charge in [0.2, 0.25) is 0 Å². The summed E-state index contributed by atoms with van der Waals surface area (Å²) in [5.74, 6) is 6.62. The van der Waals surface area contributed by atoms with Gasteiger partial charge >= 0.3 is 0 Å². The Kier molecular flexibility index (Phi) is 4.00. The molecule has 0 aliphatic heterocycles. The molecule has 3 heteroatoms. The summed E-state index contributed by atoms with van der Waals surface area (Å²) in [6.45, 7) is 2.14. The first kappa shape index (κ1) is 12.1. The molecule has 0 aromatic heterocycles. The first-order valence-corrected chi connectivity index (χ1v) is 6.72. The van der Waals surface area contributed by atoms with Crippen molar-refractivity contribution in [3.8, 4) is 0 Å². The molecule has 88 valence electrons. The molecular weight excluding hydrogens is 264 g/mol. The van der Waals surface area contributed by atoms with Crippen molar-refractivity contribution in [2.24, 2.45) is 11.8 Å². The van der Waals surface area contributed by atoms with Gasteiger partial charge in [0.05, 0.1) is 0 Å². The van der Waals surface area contributed by atoms with Gasteiger partial charge in [-0.05, 0) is 48.9 Å². The first-order chi connectivity index (χ1) is 7.70. The quantitative estimate of drug-likeness (QED) is 0.641. The third-order valence-corrected chi connectivity index (χ3v) is 3.86. The van der Waals surface area contributed by atoms with Gasteiger partial charge in [-0.3, -0.25) is 11.3 Å². The lowest BCUT2D eigenvalue weighted by molar-refractivity contribution is 0.480. The molecule has 3 N–H and O–H groups in total. The molecule has 1 aromatic carbocycles. The van der Waals surface area contributed by atoms with Crippen LogP contribution in [0, 0.1) is 12.8 Å². The average Bonchev–Trinajstić information content (AvgIpc) is 3.05. The number of rotatable bonds is 5. The van der Waals surface area contributed by atoms with Crippen molar-refractivity contribution < 1.29 is 0 Å². The summed E-state index contributed by atoms with van der Waals surface area (Å²) in [4.78, 5) is 0. The van der Waals surface area contributed by atoms with E-state index in [1.165, 1.54) is 30.4 Å². The fraction of sp³-hybridized carbons (Fsp3) is 0.538. The highest BCUT2D eigenvalue weighted by Crippen LogP contribution is 2.36. The molecule has 0 amide bonds. The van der Waals surface area contributed by atoms with Gasteiger partial charge in [0.15, 0.2) is 0 Å². The Bertz CT molecular complexity index is 361. The molecule has 1 atom stereocenters. The van der Waals surface area contributed by atoms with E-state index in [-0.39, 0.29) is 0 Å². The van der Waals surface area contributed by atoms with Crippen molar-refractivity contribution in [3.63, 3.8) is 0 Å². The maximum atomic E-state index is 5.66. The molecule has 0 spiro atoms. The maximum absolute atomic E-state index is 5.66. The number of benzene rings is 1. The topological polar surface area (TPSA) is 38.0 Å². The van der Waals surface area contributed by atoms with E-state index in [9.17, 15) is 0 Å². The second-order valence-electron chi connectivity index (χ2n) is 4.74. The summed E-state index contributed by atoms with van der Waals surface area (Å²) in [6.07, 6.45) is 5.27. The van der Waals surface area contributed by atoms with Crippen molar-refractivity contribution >= 4 is 15.9 Å². The molecule has 2 nitrogen and oxygen atoms in total. The van der Waals surface area contributed by atoms with Crippen LogP contribution in [0.25, 0.3) is 0 Å². The van der Waals surface area contributed by atoms with E-state index < -0.39 is 0 Å². The van der Waals surface area contributed by atoms with Crippen LogP contribution in [-0.2, 0) is 0 Å². The van der Waals surface area contributed by atoms with Crippen LogP contribution < -0.4 is 11.3 Å². The molecule has 1 aliphatic rings. The fourth-order valence-electron chi connectivity index (χ4n) is 2.17. The number of nitrogens with one attached hydrogen (secondary N) is 1. The van der Waals surface area contributed by atoms with E-state index in [4.69, 9.17) is 5.84 Å². The smallest absolute Gasteiger partial charge is 0.0462 e. The summed E-state index contributed by atoms with van der Waals surface area (Å²) < 4.78 is 1.13. The third-order valence-electron chi connectivity index (χ3n) is 3.37. The Balaban J connectivity index is 2.05. The minimum Gasteiger partial charge on any atom is -0.271 e. The van der Waals surface area contributed by atoms with Crippen molar-refractivity contribution in [2.45, 2.75) is 38.6 Å². The van der Waals surface area contributed by atoms with Gasteiger partial charge < -0.3 is 0 Å². The molecule has 0 radical (unpaired) electrons. The number of hydrazine groups is 1. The van der Waals surface area contributed by atoms with Crippen LogP contribution in [-0.4, -0.2) is 0 Å². The van der Waals surface area contributed by atoms with Gasteiger partial charge in [0.1, 0.15) is 0 Å². The number of nitrogens with two attached hydrogens (primary N) is 1. The van der Waals surface area contributed by atoms with E-state index >= 15 is 0 Å². The van der Waals surface area contributed by atoms with Gasteiger partial charge in [0.25, 0.3) is 0 Å². The van der Waals surface area contributed by atoms with Crippen LogP contribution in [0.5, 0.6) is 0 Å². The van der Waals surface area contributed by atoms with Crippen molar-refractivity contribution in [2.75, 3.05) is 0 Å². The Labute approximate surface area is 106 Å². The summed E-state index contributed by atoms with van der Waals surface area (Å²) >= 11 is 3.49. The van der Waals surface area contributed by atoms with E-state index in [1.54, 1.807) is 0 Å². The van der Waals surface area contributed by atoms with Crippen molar-refractivity contribution in [1.82, 2.24) is 5.43 Å². The van der Waals surface area contributed by atoms with E-state index in [0.717, 1.165) is 16.8 Å². The minimum absolute atomic E-state index is 0.300. The van der Waals surface area contributed by atoms with Gasteiger partial charge in [0, 0.05) is 10.5 Å². The Morgan fingerprint density at radius 2 is 2.25 bits per heavy atom. The highest BCUT2D eigenvalue weighted by molar-refractivity contribution is 9.10. The summed E-state index contributed by atoms with van der Waals surface area (Å²) in [5.41, 5.74) is 5.57. The van der Waals surface area contributed by atoms with Crippen molar-refractivity contribution in [1.29, 1.82) is 0 Å². The van der Waals surface area contributed by atoms with Crippen LogP contribution in [0.3, 0.4) is 0 Å². The lowest BCUT2D eigenvalue weighted by Crippen LogP contribution is -2.28. The molecule has 1 saturated carbocycles. The third kappa shape index (κ3) is 3.06. The van der Waals surface area contributed by atoms with Crippen LogP contribution >= 0.6 is 15.9 Å². The Morgan fingerprint density at radius 3 is 2.81 bits per heavy atom. The maximum Gasteiger partial charge on any atom is 0.0462 e. The number of hydrogen-bond acceptors (Lipinski definition) is 2. The fourth-order valence-corrected chi connectivity index (χ4v) is 2.64. The molecule has 2 rings (SSSR count). The zero-order valence-corrected chi connectivity index (χ0v) is 11.3. The molecule has 1 aromatic rings. The summed E-state index contributed by atoms with van der Waals surface area (Å²) in [6, 6.07) is 6.70. The number of hydrogen-bond donors (Lipinski definition) is 2. The largest absolute Gasteiger partial charge is 0.271 e. The molecule has 0 bridgehead atoms. The molecule has 1 aliphatic carbocycles. The van der Waals surface area contributed by atoms with Gasteiger partial charge in [-0.2, -0.15) is 0 Å². The van der Waals surface area contributed by atoms with Gasteiger partial charge in [-0.25, -0.2) is 0 Å². The zero-order valence-electron chi connectivity index (χ0n) is 9.67. The average molecular weight is 283 g/mol. The molecule has 16 heavy (non-hydrogen) atoms. The molecular formula is C13H19BrN2. The molecule has 0 heterocycles. The predicted octanol–water partition coefficient (Wildman–Crippen LogP) is 3.45. The van der Waals surface area contributed by atoms with Crippen LogP contribution in [0.15, 0.2) is 22.7 Å². The van der Waals surface area contributed by atoms with Gasteiger partial charge in [-0.15, -0.1) is 0 Å². The zero-order chi connectivity index (χ0) is 11.5. The number of halogens is 1. The standard InChI is InChI=1S/C13H19BrN2/c1-9-8-11(14)5-6-12(9)13(16-15)7-4-10-2-3-10/h5-6,8,10,13,16H,2-4,7,15H2,1H3. The van der Waals surface area contributed by atoms with E-state index in [1.807, 2.05) is 0 Å². The van der Waals surface area contributed by atoms with Crippen LogP contribution in [0.1, 0.15) is 42.9 Å². The lowest BCUT2D eigenvalue weighted by Gasteiger charge is -2.18. The minimum atomic E-state index is 0.300. The normalized spacial score (nSPS) is 17.4. The van der Waals surface area contributed by atoms with Gasteiger partial charge in [-0.1, -0.05) is 34.8 Å². The first-order valence-electron chi connectivity index (χ1n) is 5.93. The Hall–Kier alpha value is -0.380. The second-order valence-corrected chi connectivity index (χ2v) is 5.66. The highest BCUT2D eigenvalue weighted by Gasteiger charge is 2.23. The number of aryl methyl sites for hydroxylation is 1. The summed E-state index contributed by atoms with van der Waals surface area (Å²) in [7, 11) is 0. The Morgan fingerprint density at radius 1 is 1.50 bits per heavy atom. The molecule has 1 unspecified atom stereocenters. The monoisotopic (exact) mass is 282 g/mol. The highest BCUT2D eigenvalue weighted by atomic mass is 79.9. The molecule has 1 fully saturated rings. The molecule has 0 saturated heterocycles. The summed E-state index contributed by atoms with van der Waals surface area (Å²) in [5, 5.41) is 0. The SMILES string of the molecule is Cc1cc(Br)ccc1C(CCC1CC1)NN. The van der Waals surface area contributed by atoms with Crippen LogP contribution in [0.4, 0.5) is 0 Å². The second kappa shape index (κ2) is 5.30. The van der Waals surface area contributed by atoms with Crippen LogP contribution in [0.2, 0.25) is 0 Å². The van der Waals surface area contributed by atoms with Crippen molar-refractivity contribution in [3.05, 3.63) is 33.8 Å². The lowest BCUT2D eigenvalue weighted by atomic mass is 9.97.